The molecule has 2 N–H and O–H groups in total. The minimum atomic E-state index is -4.82. The maximum absolute atomic E-state index is 12.7. The number of ketones is 2. The molecule has 29 heavy (non-hydrogen) atoms. The van der Waals surface area contributed by atoms with E-state index in [2.05, 4.69) is 4.98 Å². The zero-order valence-corrected chi connectivity index (χ0v) is 15.9. The molecule has 2 aromatic carbocycles. The molecule has 148 valence electrons. The lowest BCUT2D eigenvalue weighted by Crippen LogP contribution is -2.15. The zero-order chi connectivity index (χ0) is 21.1. The van der Waals surface area contributed by atoms with E-state index in [1.807, 2.05) is 0 Å². The summed E-state index contributed by atoms with van der Waals surface area (Å²) in [6, 6.07) is 10.1. The maximum atomic E-state index is 12.7. The van der Waals surface area contributed by atoms with Gasteiger partial charge in [0, 0.05) is 16.5 Å². The molecule has 1 heterocycles. The van der Waals surface area contributed by atoms with E-state index in [1.54, 1.807) is 12.1 Å². The Bertz CT molecular complexity index is 1410. The fourth-order valence-electron chi connectivity index (χ4n) is 3.39. The van der Waals surface area contributed by atoms with Gasteiger partial charge in [-0.15, -0.1) is 0 Å². The minimum Gasteiger partial charge on any atom is -0.293 e. The summed E-state index contributed by atoms with van der Waals surface area (Å²) in [5, 5.41) is -0.290. The largest absolute Gasteiger partial charge is 0.296 e. The summed E-state index contributed by atoms with van der Waals surface area (Å²) in [4.78, 5) is 28.0. The van der Waals surface area contributed by atoms with Crippen LogP contribution >= 0.6 is 0 Å². The van der Waals surface area contributed by atoms with Crippen LogP contribution in [-0.2, 0) is 20.2 Å². The van der Waals surface area contributed by atoms with Crippen molar-refractivity contribution in [3.05, 3.63) is 65.4 Å². The summed E-state index contributed by atoms with van der Waals surface area (Å²) >= 11 is 0. The highest BCUT2D eigenvalue weighted by Gasteiger charge is 2.40. The van der Waals surface area contributed by atoms with Gasteiger partial charge >= 0.3 is 0 Å². The van der Waals surface area contributed by atoms with Crippen molar-refractivity contribution in [1.82, 2.24) is 4.98 Å². The van der Waals surface area contributed by atoms with Gasteiger partial charge in [-0.2, -0.15) is 16.8 Å². The first-order valence-electron chi connectivity index (χ1n) is 8.06. The Kier molecular flexibility index (Phi) is 4.17. The van der Waals surface area contributed by atoms with E-state index in [4.69, 9.17) is 0 Å². The fourth-order valence-corrected chi connectivity index (χ4v) is 4.71. The number of rotatable bonds is 3. The molecule has 3 aromatic rings. The predicted octanol–water partition coefficient (Wildman–Crippen LogP) is 1.89. The molecular weight excluding hydrogens is 422 g/mol. The standard InChI is InChI=1S/C18H11NO8S2/c20-17-9-3-1-2-4-10(9)18(21)15(17)12-6-5-11-13(28(22,23)24)7-8-14(16(11)19-12)29(25,26)27/h1-8,15H,(H,22,23,24)(H,25,26,27). The Morgan fingerprint density at radius 3 is 1.76 bits per heavy atom. The monoisotopic (exact) mass is 433 g/mol. The van der Waals surface area contributed by atoms with E-state index in [1.165, 1.54) is 18.2 Å². The summed E-state index contributed by atoms with van der Waals surface area (Å²) in [5.74, 6) is -2.39. The second-order valence-electron chi connectivity index (χ2n) is 6.35. The highest BCUT2D eigenvalue weighted by Crippen LogP contribution is 2.35. The molecule has 1 aliphatic carbocycles. The van der Waals surface area contributed by atoms with Crippen LogP contribution < -0.4 is 0 Å². The number of Topliss-reactive ketones (excluding diaryl/α,β-unsaturated/α-hetero) is 2. The Morgan fingerprint density at radius 2 is 1.24 bits per heavy atom. The molecule has 1 aromatic heterocycles. The van der Waals surface area contributed by atoms with E-state index in [0.29, 0.717) is 0 Å². The van der Waals surface area contributed by atoms with Crippen molar-refractivity contribution < 1.29 is 35.5 Å². The topological polar surface area (TPSA) is 156 Å². The third-order valence-corrected chi connectivity index (χ3v) is 6.43. The molecule has 0 fully saturated rings. The number of aromatic nitrogens is 1. The Labute approximate surface area is 164 Å². The van der Waals surface area contributed by atoms with Gasteiger partial charge in [0.25, 0.3) is 20.2 Å². The second-order valence-corrected chi connectivity index (χ2v) is 9.13. The third kappa shape index (κ3) is 3.04. The number of hydrogen-bond donors (Lipinski definition) is 2. The van der Waals surface area contributed by atoms with E-state index < -0.39 is 53.0 Å². The molecule has 0 radical (unpaired) electrons. The predicted molar refractivity (Wildman–Crippen MR) is 99.2 cm³/mol. The van der Waals surface area contributed by atoms with Crippen LogP contribution in [0.25, 0.3) is 10.9 Å². The molecule has 0 bridgehead atoms. The van der Waals surface area contributed by atoms with Crippen LogP contribution in [0.5, 0.6) is 0 Å². The van der Waals surface area contributed by atoms with E-state index >= 15 is 0 Å². The Balaban J connectivity index is 2.00. The lowest BCUT2D eigenvalue weighted by Gasteiger charge is -2.11. The first-order valence-corrected chi connectivity index (χ1v) is 10.9. The average molecular weight is 433 g/mol. The number of carbonyl (C=O) groups excluding carboxylic acids is 2. The van der Waals surface area contributed by atoms with Crippen LogP contribution in [0.4, 0.5) is 0 Å². The summed E-state index contributed by atoms with van der Waals surface area (Å²) in [7, 11) is -9.56. The molecule has 0 amide bonds. The molecule has 0 unspecified atom stereocenters. The quantitative estimate of drug-likeness (QED) is 0.465. The summed E-state index contributed by atoms with van der Waals surface area (Å²) in [6.45, 7) is 0. The fraction of sp³-hybridized carbons (Fsp3) is 0.0556. The van der Waals surface area contributed by atoms with Crippen LogP contribution in [0.1, 0.15) is 32.3 Å². The average Bonchev–Trinajstić information content (AvgIpc) is 2.90. The van der Waals surface area contributed by atoms with Gasteiger partial charge in [-0.05, 0) is 24.3 Å². The summed E-state index contributed by atoms with van der Waals surface area (Å²) in [6.07, 6.45) is 0. The molecule has 4 rings (SSSR count). The van der Waals surface area contributed by atoms with Crippen molar-refractivity contribution in [3.63, 3.8) is 0 Å². The van der Waals surface area contributed by atoms with Crippen molar-refractivity contribution in [2.24, 2.45) is 0 Å². The lowest BCUT2D eigenvalue weighted by molar-refractivity contribution is 0.0888. The van der Waals surface area contributed by atoms with Crippen LogP contribution in [0.15, 0.2) is 58.3 Å². The second kappa shape index (κ2) is 6.26. The number of benzene rings is 2. The number of fused-ring (bicyclic) bond motifs is 2. The molecule has 0 atom stereocenters. The maximum Gasteiger partial charge on any atom is 0.296 e. The van der Waals surface area contributed by atoms with Crippen molar-refractivity contribution in [3.8, 4) is 0 Å². The van der Waals surface area contributed by atoms with Gasteiger partial charge in [0.1, 0.15) is 15.7 Å². The van der Waals surface area contributed by atoms with Gasteiger partial charge in [0.05, 0.1) is 11.2 Å². The first kappa shape index (κ1) is 19.3. The molecular formula is C18H11NO8S2. The Morgan fingerprint density at radius 1 is 0.724 bits per heavy atom. The van der Waals surface area contributed by atoms with E-state index in [-0.39, 0.29) is 22.2 Å². The third-order valence-electron chi connectivity index (χ3n) is 4.64. The van der Waals surface area contributed by atoms with E-state index in [9.17, 15) is 35.5 Å². The molecule has 0 saturated carbocycles. The van der Waals surface area contributed by atoms with Gasteiger partial charge < -0.3 is 0 Å². The molecule has 9 nitrogen and oxygen atoms in total. The molecule has 0 spiro atoms. The Hall–Kier alpha value is -2.99. The summed E-state index contributed by atoms with van der Waals surface area (Å²) < 4.78 is 65.5. The normalized spacial score (nSPS) is 15.1. The van der Waals surface area contributed by atoms with Crippen molar-refractivity contribution in [2.75, 3.05) is 0 Å². The van der Waals surface area contributed by atoms with Gasteiger partial charge in [-0.3, -0.25) is 23.7 Å². The first-order chi connectivity index (χ1) is 13.5. The van der Waals surface area contributed by atoms with Gasteiger partial charge in [-0.25, -0.2) is 0 Å². The molecule has 11 heteroatoms. The minimum absolute atomic E-state index is 0.110. The van der Waals surface area contributed by atoms with Crippen LogP contribution in [0.3, 0.4) is 0 Å². The van der Waals surface area contributed by atoms with E-state index in [0.717, 1.165) is 18.2 Å². The number of hydrogen-bond acceptors (Lipinski definition) is 7. The molecule has 0 saturated heterocycles. The van der Waals surface area contributed by atoms with Crippen molar-refractivity contribution >= 4 is 42.7 Å². The number of carbonyl (C=O) groups is 2. The van der Waals surface area contributed by atoms with Crippen LogP contribution in [-0.4, -0.2) is 42.5 Å². The van der Waals surface area contributed by atoms with Crippen molar-refractivity contribution in [1.29, 1.82) is 0 Å². The SMILES string of the molecule is O=C1c2ccccc2C(=O)C1c1ccc2c(S(=O)(=O)O)ccc(S(=O)(=O)O)c2n1. The van der Waals surface area contributed by atoms with Crippen LogP contribution in [0.2, 0.25) is 0 Å². The molecule has 1 aliphatic rings. The van der Waals surface area contributed by atoms with Gasteiger partial charge in [0.15, 0.2) is 11.6 Å². The number of nitrogens with zero attached hydrogens (tertiary/aromatic N) is 1. The molecule has 0 aliphatic heterocycles. The summed E-state index contributed by atoms with van der Waals surface area (Å²) in [5.41, 5.74) is -0.199. The number of pyridine rings is 1. The van der Waals surface area contributed by atoms with Crippen molar-refractivity contribution in [2.45, 2.75) is 15.7 Å². The van der Waals surface area contributed by atoms with Gasteiger partial charge in [-0.1, -0.05) is 24.3 Å². The lowest BCUT2D eigenvalue weighted by atomic mass is 9.98. The van der Waals surface area contributed by atoms with Crippen LogP contribution in [0, 0.1) is 0 Å². The highest BCUT2D eigenvalue weighted by molar-refractivity contribution is 7.86. The van der Waals surface area contributed by atoms with Gasteiger partial charge in [0.2, 0.25) is 0 Å². The zero-order valence-electron chi connectivity index (χ0n) is 14.3. The smallest absolute Gasteiger partial charge is 0.293 e. The highest BCUT2D eigenvalue weighted by atomic mass is 32.2.